The first-order valence-electron chi connectivity index (χ1n) is 6.52. The Morgan fingerprint density at radius 2 is 1.89 bits per heavy atom. The molecular weight excluding hydrogens is 224 g/mol. The van der Waals surface area contributed by atoms with E-state index in [1.165, 1.54) is 5.56 Å². The van der Waals surface area contributed by atoms with Gasteiger partial charge in [-0.05, 0) is 44.6 Å². The number of benzene rings is 1. The maximum atomic E-state index is 5.41. The van der Waals surface area contributed by atoms with Crippen LogP contribution < -0.4 is 10.1 Å². The van der Waals surface area contributed by atoms with Crippen LogP contribution >= 0.6 is 0 Å². The monoisotopic (exact) mass is 250 g/mol. The summed E-state index contributed by atoms with van der Waals surface area (Å²) in [5.74, 6) is 1.50. The number of nitrogens with one attached hydrogen (secondary N) is 1. The fraction of sp³-hybridized carbons (Fsp3) is 0.600. The molecule has 3 heteroatoms. The smallest absolute Gasteiger partial charge is 0.141 e. The molecule has 0 aromatic heterocycles. The van der Waals surface area contributed by atoms with Crippen LogP contribution in [0.1, 0.15) is 26.3 Å². The van der Waals surface area contributed by atoms with Crippen LogP contribution in [0.15, 0.2) is 18.2 Å². The van der Waals surface area contributed by atoms with Gasteiger partial charge in [-0.2, -0.15) is 0 Å². The van der Waals surface area contributed by atoms with Crippen molar-refractivity contribution in [2.24, 2.45) is 5.92 Å². The summed E-state index contributed by atoms with van der Waals surface area (Å²) >= 11 is 0. The molecule has 0 aliphatic heterocycles. The summed E-state index contributed by atoms with van der Waals surface area (Å²) in [6.45, 7) is 7.57. The summed E-state index contributed by atoms with van der Waals surface area (Å²) in [4.78, 5) is 2.16. The number of hydrogen-bond donors (Lipinski definition) is 1. The molecule has 0 bridgehead atoms. The summed E-state index contributed by atoms with van der Waals surface area (Å²) in [6, 6.07) is 6.75. The number of anilines is 1. The third kappa shape index (κ3) is 4.22. The fourth-order valence-corrected chi connectivity index (χ4v) is 1.74. The van der Waals surface area contributed by atoms with Gasteiger partial charge in [-0.1, -0.05) is 19.9 Å². The minimum Gasteiger partial charge on any atom is -0.495 e. The standard InChI is InChI=1S/C15H26N2O/c1-11(2)12(3)16-14-9-13(10-17(4)5)7-8-15(14)18-6/h7-9,11-12,16H,10H2,1-6H3. The number of rotatable bonds is 6. The molecule has 1 atom stereocenters. The second kappa shape index (κ2) is 6.64. The Morgan fingerprint density at radius 3 is 2.39 bits per heavy atom. The van der Waals surface area contributed by atoms with Gasteiger partial charge in [0.15, 0.2) is 0 Å². The van der Waals surface area contributed by atoms with Crippen molar-refractivity contribution in [1.29, 1.82) is 0 Å². The minimum atomic E-state index is 0.425. The van der Waals surface area contributed by atoms with Crippen molar-refractivity contribution in [2.75, 3.05) is 26.5 Å². The predicted molar refractivity (Wildman–Crippen MR) is 78.3 cm³/mol. The quantitative estimate of drug-likeness (QED) is 0.839. The van der Waals surface area contributed by atoms with Gasteiger partial charge in [-0.25, -0.2) is 0 Å². The van der Waals surface area contributed by atoms with E-state index in [1.54, 1.807) is 7.11 Å². The molecule has 0 saturated heterocycles. The van der Waals surface area contributed by atoms with E-state index in [1.807, 2.05) is 6.07 Å². The average Bonchev–Trinajstić information content (AvgIpc) is 2.28. The van der Waals surface area contributed by atoms with Gasteiger partial charge in [-0.3, -0.25) is 0 Å². The molecule has 1 N–H and O–H groups in total. The summed E-state index contributed by atoms with van der Waals surface area (Å²) in [7, 11) is 5.87. The normalized spacial score (nSPS) is 12.9. The maximum Gasteiger partial charge on any atom is 0.141 e. The molecule has 3 nitrogen and oxygen atoms in total. The van der Waals surface area contributed by atoms with Crippen LogP contribution in [0, 0.1) is 5.92 Å². The molecule has 0 amide bonds. The lowest BCUT2D eigenvalue weighted by atomic mass is 10.1. The zero-order valence-corrected chi connectivity index (χ0v) is 12.4. The van der Waals surface area contributed by atoms with E-state index < -0.39 is 0 Å². The van der Waals surface area contributed by atoms with Gasteiger partial charge >= 0.3 is 0 Å². The molecule has 1 rings (SSSR count). The first-order chi connectivity index (χ1) is 8.43. The molecule has 0 spiro atoms. The summed E-state index contributed by atoms with van der Waals surface area (Å²) < 4.78 is 5.41. The predicted octanol–water partition coefficient (Wildman–Crippen LogP) is 3.21. The largest absolute Gasteiger partial charge is 0.495 e. The van der Waals surface area contributed by atoms with Crippen molar-refractivity contribution in [3.63, 3.8) is 0 Å². The van der Waals surface area contributed by atoms with Gasteiger partial charge in [0.05, 0.1) is 12.8 Å². The summed E-state index contributed by atoms with van der Waals surface area (Å²) in [5, 5.41) is 3.53. The zero-order valence-electron chi connectivity index (χ0n) is 12.4. The van der Waals surface area contributed by atoms with E-state index in [4.69, 9.17) is 4.74 Å². The van der Waals surface area contributed by atoms with E-state index in [0.717, 1.165) is 18.0 Å². The zero-order chi connectivity index (χ0) is 13.7. The summed E-state index contributed by atoms with van der Waals surface area (Å²) in [6.07, 6.45) is 0. The summed E-state index contributed by atoms with van der Waals surface area (Å²) in [5.41, 5.74) is 2.37. The van der Waals surface area contributed by atoms with E-state index in [9.17, 15) is 0 Å². The van der Waals surface area contributed by atoms with Crippen molar-refractivity contribution in [2.45, 2.75) is 33.4 Å². The molecule has 1 aromatic carbocycles. The van der Waals surface area contributed by atoms with Gasteiger partial charge in [0, 0.05) is 12.6 Å². The third-order valence-electron chi connectivity index (χ3n) is 3.15. The van der Waals surface area contributed by atoms with Gasteiger partial charge in [-0.15, -0.1) is 0 Å². The molecule has 0 radical (unpaired) electrons. The van der Waals surface area contributed by atoms with Gasteiger partial charge < -0.3 is 15.0 Å². The SMILES string of the molecule is COc1ccc(CN(C)C)cc1NC(C)C(C)C. The van der Waals surface area contributed by atoms with E-state index >= 15 is 0 Å². The molecule has 1 unspecified atom stereocenters. The van der Waals surface area contributed by atoms with Gasteiger partial charge in [0.1, 0.15) is 5.75 Å². The Hall–Kier alpha value is -1.22. The molecule has 0 saturated carbocycles. The highest BCUT2D eigenvalue weighted by atomic mass is 16.5. The Morgan fingerprint density at radius 1 is 1.22 bits per heavy atom. The van der Waals surface area contributed by atoms with Crippen LogP contribution in [0.25, 0.3) is 0 Å². The molecule has 0 fully saturated rings. The highest BCUT2D eigenvalue weighted by Crippen LogP contribution is 2.27. The first-order valence-corrected chi connectivity index (χ1v) is 6.52. The number of ether oxygens (including phenoxy) is 1. The van der Waals surface area contributed by atoms with Crippen molar-refractivity contribution < 1.29 is 4.74 Å². The van der Waals surface area contributed by atoms with Crippen molar-refractivity contribution in [3.05, 3.63) is 23.8 Å². The van der Waals surface area contributed by atoms with Crippen LogP contribution in [0.5, 0.6) is 5.75 Å². The number of methoxy groups -OCH3 is 1. The highest BCUT2D eigenvalue weighted by Gasteiger charge is 2.11. The van der Waals surface area contributed by atoms with Crippen LogP contribution in [-0.4, -0.2) is 32.1 Å². The second-order valence-electron chi connectivity index (χ2n) is 5.45. The minimum absolute atomic E-state index is 0.425. The van der Waals surface area contributed by atoms with Crippen molar-refractivity contribution in [1.82, 2.24) is 4.90 Å². The second-order valence-corrected chi connectivity index (χ2v) is 5.45. The van der Waals surface area contributed by atoms with E-state index in [-0.39, 0.29) is 0 Å². The van der Waals surface area contributed by atoms with Crippen LogP contribution in [0.3, 0.4) is 0 Å². The van der Waals surface area contributed by atoms with Gasteiger partial charge in [0.25, 0.3) is 0 Å². The molecule has 0 heterocycles. The molecule has 18 heavy (non-hydrogen) atoms. The van der Waals surface area contributed by atoms with Crippen LogP contribution in [0.2, 0.25) is 0 Å². The first kappa shape index (κ1) is 14.8. The van der Waals surface area contributed by atoms with E-state index in [0.29, 0.717) is 12.0 Å². The highest BCUT2D eigenvalue weighted by molar-refractivity contribution is 5.58. The Bertz CT molecular complexity index is 375. The number of nitrogens with zero attached hydrogens (tertiary/aromatic N) is 1. The fourth-order valence-electron chi connectivity index (χ4n) is 1.74. The topological polar surface area (TPSA) is 24.5 Å². The van der Waals surface area contributed by atoms with Crippen LogP contribution in [0.4, 0.5) is 5.69 Å². The lowest BCUT2D eigenvalue weighted by Crippen LogP contribution is -2.22. The van der Waals surface area contributed by atoms with Gasteiger partial charge in [0.2, 0.25) is 0 Å². The molecule has 0 aliphatic rings. The maximum absolute atomic E-state index is 5.41. The average molecular weight is 250 g/mol. The lowest BCUT2D eigenvalue weighted by molar-refractivity contribution is 0.400. The van der Waals surface area contributed by atoms with Crippen molar-refractivity contribution in [3.8, 4) is 5.75 Å². The molecule has 0 aliphatic carbocycles. The Balaban J connectivity index is 2.91. The van der Waals surface area contributed by atoms with Crippen molar-refractivity contribution >= 4 is 5.69 Å². The molecular formula is C15H26N2O. The number of hydrogen-bond acceptors (Lipinski definition) is 3. The van der Waals surface area contributed by atoms with E-state index in [2.05, 4.69) is 57.2 Å². The molecule has 1 aromatic rings. The van der Waals surface area contributed by atoms with Crippen LogP contribution in [-0.2, 0) is 6.54 Å². The Labute approximate surface area is 111 Å². The lowest BCUT2D eigenvalue weighted by Gasteiger charge is -2.21. The Kier molecular flexibility index (Phi) is 5.48. The third-order valence-corrected chi connectivity index (χ3v) is 3.15. The molecule has 102 valence electrons.